The van der Waals surface area contributed by atoms with Gasteiger partial charge < -0.3 is 19.4 Å². The van der Waals surface area contributed by atoms with Gasteiger partial charge >= 0.3 is 6.03 Å². The van der Waals surface area contributed by atoms with E-state index in [2.05, 4.69) is 20.4 Å². The molecule has 0 bridgehead atoms. The van der Waals surface area contributed by atoms with Crippen molar-refractivity contribution < 1.29 is 18.3 Å². The summed E-state index contributed by atoms with van der Waals surface area (Å²) in [5.41, 5.74) is 2.55. The Labute approximate surface area is 211 Å². The molecule has 36 heavy (non-hydrogen) atoms. The minimum Gasteiger partial charge on any atom is -0.465 e. The van der Waals surface area contributed by atoms with Crippen molar-refractivity contribution >= 4 is 6.03 Å². The van der Waals surface area contributed by atoms with Gasteiger partial charge in [-0.3, -0.25) is 10.00 Å². The van der Waals surface area contributed by atoms with E-state index >= 15 is 0 Å². The number of urea groups is 1. The van der Waals surface area contributed by atoms with Crippen LogP contribution in [0.1, 0.15) is 42.5 Å². The van der Waals surface area contributed by atoms with E-state index in [1.165, 1.54) is 12.1 Å². The number of ether oxygens (including phenoxy) is 1. The lowest BCUT2D eigenvalue weighted by molar-refractivity contribution is 0.0119. The summed E-state index contributed by atoms with van der Waals surface area (Å²) in [5.74, 6) is 1.47. The zero-order chi connectivity index (χ0) is 25.3. The van der Waals surface area contributed by atoms with Crippen LogP contribution in [0.5, 0.6) is 0 Å². The summed E-state index contributed by atoms with van der Waals surface area (Å²) in [7, 11) is 1.83. The molecule has 4 rings (SSSR count). The third-order valence-electron chi connectivity index (χ3n) is 6.56. The number of furan rings is 1. The molecule has 2 aromatic heterocycles. The van der Waals surface area contributed by atoms with Crippen LogP contribution in [0.3, 0.4) is 0 Å². The molecule has 3 aromatic rings. The number of rotatable bonds is 11. The standard InChI is InChI=1S/C27H36FN5O3/c1-20-10-11-26(36-20)25(33-13-15-35-16-14-33)19-29-27(34)32(2)12-5-3-4-9-23-18-24(31-30-23)21-7-6-8-22(28)17-21/h6-8,10-11,17-18,25H,3-5,9,12-16,19H2,1-2H3,(H,29,34)(H,30,31). The highest BCUT2D eigenvalue weighted by Crippen LogP contribution is 2.23. The Morgan fingerprint density at radius 2 is 2.03 bits per heavy atom. The Hall–Kier alpha value is -3.17. The molecular weight excluding hydrogens is 461 g/mol. The molecule has 0 saturated carbocycles. The molecule has 1 saturated heterocycles. The summed E-state index contributed by atoms with van der Waals surface area (Å²) in [5, 5.41) is 10.4. The van der Waals surface area contributed by atoms with Gasteiger partial charge in [0.1, 0.15) is 17.3 Å². The number of nitrogens with zero attached hydrogens (tertiary/aromatic N) is 3. The van der Waals surface area contributed by atoms with Crippen LogP contribution in [0.15, 0.2) is 46.9 Å². The zero-order valence-electron chi connectivity index (χ0n) is 21.1. The van der Waals surface area contributed by atoms with Gasteiger partial charge in [0.05, 0.1) is 24.9 Å². The van der Waals surface area contributed by atoms with Gasteiger partial charge in [-0.1, -0.05) is 18.6 Å². The van der Waals surface area contributed by atoms with E-state index in [0.29, 0.717) is 26.3 Å². The average molecular weight is 498 g/mol. The molecule has 1 unspecified atom stereocenters. The number of hydrogen-bond donors (Lipinski definition) is 2. The summed E-state index contributed by atoms with van der Waals surface area (Å²) in [6.07, 6.45) is 3.76. The van der Waals surface area contributed by atoms with Crippen LogP contribution in [0.25, 0.3) is 11.3 Å². The molecule has 0 spiro atoms. The molecule has 2 amide bonds. The summed E-state index contributed by atoms with van der Waals surface area (Å²) in [6.45, 7) is 6.12. The van der Waals surface area contributed by atoms with Crippen molar-refractivity contribution in [1.82, 2.24) is 25.3 Å². The molecule has 8 nitrogen and oxygen atoms in total. The molecule has 2 N–H and O–H groups in total. The SMILES string of the molecule is Cc1ccc(C(CNC(=O)N(C)CCCCCc2cc(-c3cccc(F)c3)n[nH]2)N2CCOCC2)o1. The Bertz CT molecular complexity index is 1110. The Balaban J connectivity index is 1.17. The number of aryl methyl sites for hydroxylation is 2. The second kappa shape index (κ2) is 12.7. The van der Waals surface area contributed by atoms with Crippen molar-refractivity contribution in [3.05, 3.63) is 65.5 Å². The van der Waals surface area contributed by atoms with Crippen molar-refractivity contribution in [3.8, 4) is 11.3 Å². The molecule has 1 fully saturated rings. The lowest BCUT2D eigenvalue weighted by atomic mass is 10.1. The number of unbranched alkanes of at least 4 members (excludes halogenated alkanes) is 2. The van der Waals surface area contributed by atoms with Crippen LogP contribution >= 0.6 is 0 Å². The van der Waals surface area contributed by atoms with Gasteiger partial charge in [0.25, 0.3) is 0 Å². The summed E-state index contributed by atoms with van der Waals surface area (Å²) in [6, 6.07) is 12.3. The highest BCUT2D eigenvalue weighted by molar-refractivity contribution is 5.73. The molecule has 194 valence electrons. The number of morpholine rings is 1. The number of hydrogen-bond acceptors (Lipinski definition) is 5. The van der Waals surface area contributed by atoms with E-state index in [1.54, 1.807) is 11.0 Å². The quantitative estimate of drug-likeness (QED) is 0.380. The number of carbonyl (C=O) groups excluding carboxylic acids is 1. The minimum absolute atomic E-state index is 0.00775. The fraction of sp³-hybridized carbons (Fsp3) is 0.481. The number of carbonyl (C=O) groups is 1. The second-order valence-electron chi connectivity index (χ2n) is 9.32. The first-order chi connectivity index (χ1) is 17.5. The Kier molecular flexibility index (Phi) is 9.13. The first-order valence-corrected chi connectivity index (χ1v) is 12.7. The molecule has 0 aliphatic carbocycles. The molecule has 1 aliphatic heterocycles. The van der Waals surface area contributed by atoms with Crippen LogP contribution < -0.4 is 5.32 Å². The van der Waals surface area contributed by atoms with E-state index in [4.69, 9.17) is 9.15 Å². The fourth-order valence-electron chi connectivity index (χ4n) is 4.48. The van der Waals surface area contributed by atoms with Gasteiger partial charge in [0, 0.05) is 44.5 Å². The lowest BCUT2D eigenvalue weighted by Gasteiger charge is -2.33. The average Bonchev–Trinajstić information content (AvgIpc) is 3.54. The van der Waals surface area contributed by atoms with Crippen LogP contribution in [0, 0.1) is 12.7 Å². The van der Waals surface area contributed by atoms with E-state index in [-0.39, 0.29) is 17.9 Å². The molecule has 0 radical (unpaired) electrons. The maximum Gasteiger partial charge on any atom is 0.317 e. The van der Waals surface area contributed by atoms with E-state index in [0.717, 1.165) is 67.2 Å². The zero-order valence-corrected chi connectivity index (χ0v) is 21.1. The van der Waals surface area contributed by atoms with Gasteiger partial charge in [-0.25, -0.2) is 9.18 Å². The van der Waals surface area contributed by atoms with E-state index in [9.17, 15) is 9.18 Å². The largest absolute Gasteiger partial charge is 0.465 e. The van der Waals surface area contributed by atoms with Crippen molar-refractivity contribution in [2.45, 2.75) is 38.6 Å². The van der Waals surface area contributed by atoms with Crippen LogP contribution in [0.2, 0.25) is 0 Å². The smallest absolute Gasteiger partial charge is 0.317 e. The lowest BCUT2D eigenvalue weighted by Crippen LogP contribution is -2.46. The van der Waals surface area contributed by atoms with Crippen LogP contribution in [0.4, 0.5) is 9.18 Å². The number of H-pyrrole nitrogens is 1. The molecule has 1 aromatic carbocycles. The molecule has 1 aliphatic rings. The number of aromatic nitrogens is 2. The maximum atomic E-state index is 13.4. The van der Waals surface area contributed by atoms with Gasteiger partial charge in [-0.2, -0.15) is 5.10 Å². The number of benzene rings is 1. The van der Waals surface area contributed by atoms with Crippen LogP contribution in [-0.2, 0) is 11.2 Å². The first-order valence-electron chi connectivity index (χ1n) is 12.7. The maximum absolute atomic E-state index is 13.4. The highest BCUT2D eigenvalue weighted by atomic mass is 19.1. The van der Waals surface area contributed by atoms with Gasteiger partial charge in [0.15, 0.2) is 0 Å². The normalized spacial score (nSPS) is 15.1. The Morgan fingerprint density at radius 1 is 1.19 bits per heavy atom. The fourth-order valence-corrected chi connectivity index (χ4v) is 4.48. The Morgan fingerprint density at radius 3 is 2.78 bits per heavy atom. The minimum atomic E-state index is -0.266. The topological polar surface area (TPSA) is 86.6 Å². The molecular formula is C27H36FN5O3. The third kappa shape index (κ3) is 7.18. The predicted molar refractivity (Wildman–Crippen MR) is 136 cm³/mol. The van der Waals surface area contributed by atoms with Crippen molar-refractivity contribution in [3.63, 3.8) is 0 Å². The van der Waals surface area contributed by atoms with Gasteiger partial charge in [-0.15, -0.1) is 0 Å². The highest BCUT2D eigenvalue weighted by Gasteiger charge is 2.26. The number of nitrogens with one attached hydrogen (secondary N) is 2. The molecule has 1 atom stereocenters. The second-order valence-corrected chi connectivity index (χ2v) is 9.32. The van der Waals surface area contributed by atoms with Crippen LogP contribution in [-0.4, -0.2) is 72.5 Å². The van der Waals surface area contributed by atoms with E-state index < -0.39 is 0 Å². The number of amides is 2. The predicted octanol–water partition coefficient (Wildman–Crippen LogP) is 4.54. The first kappa shape index (κ1) is 25.9. The number of aromatic amines is 1. The van der Waals surface area contributed by atoms with E-state index in [1.807, 2.05) is 38.2 Å². The third-order valence-corrected chi connectivity index (χ3v) is 6.56. The summed E-state index contributed by atoms with van der Waals surface area (Å²) < 4.78 is 24.8. The molecule has 3 heterocycles. The van der Waals surface area contributed by atoms with Gasteiger partial charge in [-0.05, 0) is 56.5 Å². The molecule has 9 heteroatoms. The van der Waals surface area contributed by atoms with Crippen molar-refractivity contribution in [2.75, 3.05) is 46.4 Å². The van der Waals surface area contributed by atoms with Crippen molar-refractivity contribution in [2.24, 2.45) is 0 Å². The summed E-state index contributed by atoms with van der Waals surface area (Å²) >= 11 is 0. The van der Waals surface area contributed by atoms with Gasteiger partial charge in [0.2, 0.25) is 0 Å². The number of halogens is 1. The monoisotopic (exact) mass is 497 g/mol. The van der Waals surface area contributed by atoms with Crippen molar-refractivity contribution in [1.29, 1.82) is 0 Å². The summed E-state index contributed by atoms with van der Waals surface area (Å²) in [4.78, 5) is 16.8.